The molecule has 0 saturated carbocycles. The van der Waals surface area contributed by atoms with Crippen LogP contribution in [0.4, 0.5) is 13.2 Å². The van der Waals surface area contributed by atoms with Crippen LogP contribution in [0.2, 0.25) is 0 Å². The van der Waals surface area contributed by atoms with Crippen molar-refractivity contribution in [1.82, 2.24) is 0 Å². The smallest absolute Gasteiger partial charge is 0.416 e. The van der Waals surface area contributed by atoms with Gasteiger partial charge in [-0.1, -0.05) is 26.8 Å². The molecule has 0 radical (unpaired) electrons. The van der Waals surface area contributed by atoms with Crippen molar-refractivity contribution in [3.8, 4) is 11.5 Å². The molecule has 0 aliphatic carbocycles. The van der Waals surface area contributed by atoms with Gasteiger partial charge in [0.1, 0.15) is 11.5 Å². The first-order valence-electron chi connectivity index (χ1n) is 6.72. The van der Waals surface area contributed by atoms with Crippen LogP contribution < -0.4 is 4.74 Å². The van der Waals surface area contributed by atoms with Gasteiger partial charge in [0.15, 0.2) is 0 Å². The molecular weight excluding hydrogens is 357 g/mol. The zero-order valence-corrected chi connectivity index (χ0v) is 14.0. The Kier molecular flexibility index (Phi) is 4.57. The second kappa shape index (κ2) is 5.95. The van der Waals surface area contributed by atoms with Crippen LogP contribution in [0.25, 0.3) is 0 Å². The Hall–Kier alpha value is -1.49. The highest BCUT2D eigenvalue weighted by Gasteiger charge is 2.30. The van der Waals surface area contributed by atoms with E-state index < -0.39 is 11.7 Å². The van der Waals surface area contributed by atoms with E-state index in [0.29, 0.717) is 11.5 Å². The van der Waals surface area contributed by atoms with Crippen LogP contribution in [0.3, 0.4) is 0 Å². The molecule has 0 unspecified atom stereocenters. The molecule has 1 nitrogen and oxygen atoms in total. The monoisotopic (exact) mass is 372 g/mol. The van der Waals surface area contributed by atoms with Crippen molar-refractivity contribution in [3.63, 3.8) is 0 Å². The zero-order chi connectivity index (χ0) is 16.5. The van der Waals surface area contributed by atoms with Crippen LogP contribution in [0.5, 0.6) is 11.5 Å². The fraction of sp³-hybridized carbons (Fsp3) is 0.294. The fourth-order valence-corrected chi connectivity index (χ4v) is 2.35. The maximum atomic E-state index is 12.5. The molecule has 0 spiro atoms. The first-order chi connectivity index (χ1) is 10.1. The van der Waals surface area contributed by atoms with Gasteiger partial charge in [-0.15, -0.1) is 0 Å². The maximum Gasteiger partial charge on any atom is 0.416 e. The Morgan fingerprint density at radius 1 is 0.864 bits per heavy atom. The number of halogens is 4. The SMILES string of the molecule is CC(C)(C)c1ccc(Oc2ccc(C(F)(F)F)cc2)c(Br)c1. The molecule has 2 rings (SSSR count). The van der Waals surface area contributed by atoms with Crippen LogP contribution in [-0.2, 0) is 11.6 Å². The van der Waals surface area contributed by atoms with E-state index in [1.807, 2.05) is 18.2 Å². The zero-order valence-electron chi connectivity index (χ0n) is 12.5. The summed E-state index contributed by atoms with van der Waals surface area (Å²) in [5.41, 5.74) is 0.455. The van der Waals surface area contributed by atoms with Crippen LogP contribution in [-0.4, -0.2) is 0 Å². The number of rotatable bonds is 2. The van der Waals surface area contributed by atoms with Crippen LogP contribution in [0, 0.1) is 0 Å². The summed E-state index contributed by atoms with van der Waals surface area (Å²) < 4.78 is 43.9. The Labute approximate surface area is 136 Å². The molecular formula is C17H16BrF3O. The summed E-state index contributed by atoms with van der Waals surface area (Å²) in [6.07, 6.45) is -4.34. The Bertz CT molecular complexity index is 655. The van der Waals surface area contributed by atoms with Crippen molar-refractivity contribution in [1.29, 1.82) is 0 Å². The summed E-state index contributed by atoms with van der Waals surface area (Å²) in [7, 11) is 0. The minimum atomic E-state index is -4.34. The molecule has 0 heterocycles. The highest BCUT2D eigenvalue weighted by Crippen LogP contribution is 2.35. The molecule has 0 atom stereocenters. The van der Waals surface area contributed by atoms with E-state index in [4.69, 9.17) is 4.74 Å². The first kappa shape index (κ1) is 16.9. The average Bonchev–Trinajstić information content (AvgIpc) is 2.39. The highest BCUT2D eigenvalue weighted by atomic mass is 79.9. The van der Waals surface area contributed by atoms with Crippen molar-refractivity contribution in [2.45, 2.75) is 32.4 Å². The highest BCUT2D eigenvalue weighted by molar-refractivity contribution is 9.10. The van der Waals surface area contributed by atoms with Crippen molar-refractivity contribution in [2.24, 2.45) is 0 Å². The summed E-state index contributed by atoms with van der Waals surface area (Å²) in [5, 5.41) is 0. The van der Waals surface area contributed by atoms with Gasteiger partial charge in [-0.05, 0) is 63.3 Å². The van der Waals surface area contributed by atoms with Crippen LogP contribution in [0.15, 0.2) is 46.9 Å². The molecule has 0 bridgehead atoms. The third-order valence-electron chi connectivity index (χ3n) is 3.21. The Morgan fingerprint density at radius 3 is 1.86 bits per heavy atom. The van der Waals surface area contributed by atoms with Gasteiger partial charge in [0.05, 0.1) is 10.0 Å². The van der Waals surface area contributed by atoms with Gasteiger partial charge in [-0.3, -0.25) is 0 Å². The molecule has 2 aromatic rings. The predicted molar refractivity (Wildman–Crippen MR) is 84.4 cm³/mol. The van der Waals surface area contributed by atoms with Crippen molar-refractivity contribution in [2.75, 3.05) is 0 Å². The quantitative estimate of drug-likeness (QED) is 0.579. The largest absolute Gasteiger partial charge is 0.456 e. The molecule has 0 amide bonds. The molecule has 0 N–H and O–H groups in total. The molecule has 0 aliphatic rings. The van der Waals surface area contributed by atoms with Gasteiger partial charge < -0.3 is 4.74 Å². The molecule has 0 saturated heterocycles. The summed E-state index contributed by atoms with van der Waals surface area (Å²) in [6, 6.07) is 10.4. The normalized spacial score (nSPS) is 12.3. The molecule has 5 heteroatoms. The predicted octanol–water partition coefficient (Wildman–Crippen LogP) is 6.56. The van der Waals surface area contributed by atoms with Crippen molar-refractivity contribution >= 4 is 15.9 Å². The first-order valence-corrected chi connectivity index (χ1v) is 7.52. The van der Waals surface area contributed by atoms with Crippen molar-refractivity contribution in [3.05, 3.63) is 58.1 Å². The minimum absolute atomic E-state index is 0.00933. The Balaban J connectivity index is 2.21. The van der Waals surface area contributed by atoms with E-state index in [1.54, 1.807) is 0 Å². The molecule has 0 fully saturated rings. The maximum absolute atomic E-state index is 12.5. The molecule has 0 aromatic heterocycles. The number of hydrogen-bond acceptors (Lipinski definition) is 1. The second-order valence-corrected chi connectivity index (χ2v) is 6.87. The second-order valence-electron chi connectivity index (χ2n) is 6.02. The van der Waals surface area contributed by atoms with Gasteiger partial charge in [0.2, 0.25) is 0 Å². The van der Waals surface area contributed by atoms with Gasteiger partial charge >= 0.3 is 6.18 Å². The lowest BCUT2D eigenvalue weighted by molar-refractivity contribution is -0.137. The molecule has 0 aliphatic heterocycles. The topological polar surface area (TPSA) is 9.23 Å². The fourth-order valence-electron chi connectivity index (χ4n) is 1.89. The van der Waals surface area contributed by atoms with Crippen LogP contribution >= 0.6 is 15.9 Å². The average molecular weight is 373 g/mol. The van der Waals surface area contributed by atoms with E-state index >= 15 is 0 Å². The van der Waals surface area contributed by atoms with E-state index in [1.165, 1.54) is 12.1 Å². The number of hydrogen-bond donors (Lipinski definition) is 0. The standard InChI is InChI=1S/C17H16BrF3O/c1-16(2,3)12-6-9-15(14(18)10-12)22-13-7-4-11(5-8-13)17(19,20)21/h4-10H,1-3H3. The third-order valence-corrected chi connectivity index (χ3v) is 3.83. The van der Waals surface area contributed by atoms with Gasteiger partial charge in [0, 0.05) is 0 Å². The Morgan fingerprint density at radius 2 is 1.41 bits per heavy atom. The molecule has 22 heavy (non-hydrogen) atoms. The van der Waals surface area contributed by atoms with E-state index in [9.17, 15) is 13.2 Å². The van der Waals surface area contributed by atoms with Gasteiger partial charge in [-0.25, -0.2) is 0 Å². The number of ether oxygens (including phenoxy) is 1. The third kappa shape index (κ3) is 4.03. The number of benzene rings is 2. The van der Waals surface area contributed by atoms with E-state index in [2.05, 4.69) is 36.7 Å². The lowest BCUT2D eigenvalue weighted by Crippen LogP contribution is -2.10. The van der Waals surface area contributed by atoms with Gasteiger partial charge in [0.25, 0.3) is 0 Å². The van der Waals surface area contributed by atoms with E-state index in [0.717, 1.165) is 22.2 Å². The summed E-state index contributed by atoms with van der Waals surface area (Å²) in [4.78, 5) is 0. The lowest BCUT2D eigenvalue weighted by Gasteiger charge is -2.20. The minimum Gasteiger partial charge on any atom is -0.456 e. The number of alkyl halides is 3. The molecule has 2 aromatic carbocycles. The summed E-state index contributed by atoms with van der Waals surface area (Å²) >= 11 is 3.44. The van der Waals surface area contributed by atoms with E-state index in [-0.39, 0.29) is 5.41 Å². The van der Waals surface area contributed by atoms with Gasteiger partial charge in [-0.2, -0.15) is 13.2 Å². The van der Waals surface area contributed by atoms with Crippen molar-refractivity contribution < 1.29 is 17.9 Å². The van der Waals surface area contributed by atoms with Crippen LogP contribution in [0.1, 0.15) is 31.9 Å². The molecule has 118 valence electrons. The summed E-state index contributed by atoms with van der Waals surface area (Å²) in [6.45, 7) is 6.31. The summed E-state index contributed by atoms with van der Waals surface area (Å²) in [5.74, 6) is 0.921. The lowest BCUT2D eigenvalue weighted by atomic mass is 9.87.